The van der Waals surface area contributed by atoms with Crippen LogP contribution < -0.4 is 15.5 Å². The van der Waals surface area contributed by atoms with Crippen molar-refractivity contribution in [1.29, 1.82) is 0 Å². The zero-order chi connectivity index (χ0) is 17.4. The van der Waals surface area contributed by atoms with E-state index in [1.807, 2.05) is 48.5 Å². The number of hydrogen-bond acceptors (Lipinski definition) is 3. The number of carbonyl (C=O) groups excluding carboxylic acids is 2. The van der Waals surface area contributed by atoms with Crippen LogP contribution in [0, 0.1) is 0 Å². The summed E-state index contributed by atoms with van der Waals surface area (Å²) in [5, 5.41) is 6.85. The van der Waals surface area contributed by atoms with Crippen LogP contribution in [0.3, 0.4) is 0 Å². The molecule has 6 nitrogen and oxygen atoms in total. The highest BCUT2D eigenvalue weighted by molar-refractivity contribution is 6.03. The van der Waals surface area contributed by atoms with Crippen molar-refractivity contribution in [1.82, 2.24) is 15.6 Å². The van der Waals surface area contributed by atoms with E-state index in [1.165, 1.54) is 0 Å². The Morgan fingerprint density at radius 2 is 1.92 bits per heavy atom. The van der Waals surface area contributed by atoms with Crippen molar-refractivity contribution >= 4 is 28.4 Å². The average Bonchev–Trinajstić information content (AvgIpc) is 3.04. The van der Waals surface area contributed by atoms with Crippen molar-refractivity contribution in [2.45, 2.75) is 12.7 Å². The fourth-order valence-corrected chi connectivity index (χ4v) is 3.12. The Labute approximate surface area is 144 Å². The molecule has 0 radical (unpaired) electrons. The molecule has 2 heterocycles. The third-order valence-electron chi connectivity index (χ3n) is 4.48. The number of benzene rings is 2. The minimum absolute atomic E-state index is 0.200. The zero-order valence-corrected chi connectivity index (χ0v) is 13.7. The fraction of sp³-hybridized carbons (Fsp3) is 0.158. The first-order valence-electron chi connectivity index (χ1n) is 8.11. The molecule has 2 amide bonds. The molecular weight excluding hydrogens is 316 g/mol. The number of hydrogen-bond donors (Lipinski definition) is 3. The Morgan fingerprint density at radius 1 is 1.16 bits per heavy atom. The molecule has 1 aromatic heterocycles. The summed E-state index contributed by atoms with van der Waals surface area (Å²) < 4.78 is 0. The van der Waals surface area contributed by atoms with E-state index in [-0.39, 0.29) is 11.8 Å². The molecule has 0 saturated carbocycles. The lowest BCUT2D eigenvalue weighted by atomic mass is 10.1. The van der Waals surface area contributed by atoms with Gasteiger partial charge in [-0.3, -0.25) is 14.9 Å². The molecule has 0 bridgehead atoms. The molecule has 126 valence electrons. The van der Waals surface area contributed by atoms with Crippen LogP contribution in [-0.4, -0.2) is 30.0 Å². The number of nitrogens with zero attached hydrogens (tertiary/aromatic N) is 1. The Balaban J connectivity index is 1.56. The van der Waals surface area contributed by atoms with Gasteiger partial charge >= 0.3 is 0 Å². The lowest BCUT2D eigenvalue weighted by Gasteiger charge is -2.21. The molecule has 0 saturated heterocycles. The normalized spacial score (nSPS) is 17.2. The van der Waals surface area contributed by atoms with Crippen LogP contribution in [0.4, 0.5) is 5.69 Å². The fourth-order valence-electron chi connectivity index (χ4n) is 3.12. The Morgan fingerprint density at radius 3 is 2.76 bits per heavy atom. The monoisotopic (exact) mass is 334 g/mol. The number of rotatable bonds is 2. The summed E-state index contributed by atoms with van der Waals surface area (Å²) in [7, 11) is 1.72. The lowest BCUT2D eigenvalue weighted by Crippen LogP contribution is -2.53. The van der Waals surface area contributed by atoms with Gasteiger partial charge in [-0.15, -0.1) is 0 Å². The number of aromatic nitrogens is 1. The molecule has 6 heteroatoms. The van der Waals surface area contributed by atoms with Crippen molar-refractivity contribution < 1.29 is 9.59 Å². The summed E-state index contributed by atoms with van der Waals surface area (Å²) in [6.45, 7) is 0.504. The molecule has 4 rings (SSSR count). The van der Waals surface area contributed by atoms with Crippen LogP contribution in [0.25, 0.3) is 10.9 Å². The highest BCUT2D eigenvalue weighted by Crippen LogP contribution is 2.22. The minimum atomic E-state index is -0.781. The van der Waals surface area contributed by atoms with E-state index in [0.29, 0.717) is 12.2 Å². The number of para-hydroxylation sites is 2. The third-order valence-corrected chi connectivity index (χ3v) is 4.48. The molecule has 1 aliphatic rings. The van der Waals surface area contributed by atoms with E-state index in [4.69, 9.17) is 0 Å². The van der Waals surface area contributed by atoms with Crippen molar-refractivity contribution in [3.05, 3.63) is 65.9 Å². The molecule has 0 fully saturated rings. The lowest BCUT2D eigenvalue weighted by molar-refractivity contribution is -0.120. The summed E-state index contributed by atoms with van der Waals surface area (Å²) in [6.07, 6.45) is -0.781. The van der Waals surface area contributed by atoms with Crippen LogP contribution in [-0.2, 0) is 11.3 Å². The van der Waals surface area contributed by atoms with Gasteiger partial charge in [0.1, 0.15) is 5.69 Å². The van der Waals surface area contributed by atoms with Crippen LogP contribution in [0.2, 0.25) is 0 Å². The van der Waals surface area contributed by atoms with Crippen molar-refractivity contribution in [3.63, 3.8) is 0 Å². The second-order valence-corrected chi connectivity index (χ2v) is 6.08. The van der Waals surface area contributed by atoms with E-state index < -0.39 is 6.17 Å². The van der Waals surface area contributed by atoms with E-state index >= 15 is 0 Å². The van der Waals surface area contributed by atoms with Crippen molar-refractivity contribution in [2.75, 3.05) is 11.9 Å². The third kappa shape index (κ3) is 2.77. The Hall–Kier alpha value is -3.12. The quantitative estimate of drug-likeness (QED) is 0.671. The number of carbonyl (C=O) groups is 2. The number of likely N-dealkylation sites (N-methyl/N-ethyl adjacent to an activating group) is 1. The highest BCUT2D eigenvalue weighted by Gasteiger charge is 2.29. The SMILES string of the molecule is CN1C(=O)C(NC(=O)c2cc3ccccc3[nH]2)NCc2ccccc21. The molecule has 1 unspecified atom stereocenters. The molecule has 0 spiro atoms. The molecule has 1 atom stereocenters. The average molecular weight is 334 g/mol. The van der Waals surface area contributed by atoms with Gasteiger partial charge in [-0.05, 0) is 23.8 Å². The summed E-state index contributed by atoms with van der Waals surface area (Å²) in [5.74, 6) is -0.518. The van der Waals surface area contributed by atoms with Crippen LogP contribution >= 0.6 is 0 Å². The molecule has 1 aliphatic heterocycles. The van der Waals surface area contributed by atoms with E-state index in [9.17, 15) is 9.59 Å². The minimum Gasteiger partial charge on any atom is -0.351 e. The van der Waals surface area contributed by atoms with Gasteiger partial charge in [0.25, 0.3) is 11.8 Å². The van der Waals surface area contributed by atoms with E-state index in [1.54, 1.807) is 18.0 Å². The van der Waals surface area contributed by atoms with Gasteiger partial charge in [0.2, 0.25) is 0 Å². The smallest absolute Gasteiger partial charge is 0.269 e. The zero-order valence-electron chi connectivity index (χ0n) is 13.7. The van der Waals surface area contributed by atoms with Crippen LogP contribution in [0.5, 0.6) is 0 Å². The first-order valence-corrected chi connectivity index (χ1v) is 8.11. The molecular formula is C19H18N4O2. The second-order valence-electron chi connectivity index (χ2n) is 6.08. The molecule has 25 heavy (non-hydrogen) atoms. The van der Waals surface area contributed by atoms with Gasteiger partial charge in [-0.1, -0.05) is 36.4 Å². The summed E-state index contributed by atoms with van der Waals surface area (Å²) in [5.41, 5.74) is 3.18. The number of anilines is 1. The van der Waals surface area contributed by atoms with Crippen LogP contribution in [0.1, 0.15) is 16.1 Å². The number of nitrogens with one attached hydrogen (secondary N) is 3. The van der Waals surface area contributed by atoms with Crippen LogP contribution in [0.15, 0.2) is 54.6 Å². The predicted octanol–water partition coefficient (Wildman–Crippen LogP) is 1.99. The van der Waals surface area contributed by atoms with Gasteiger partial charge in [0.05, 0.1) is 0 Å². The largest absolute Gasteiger partial charge is 0.351 e. The van der Waals surface area contributed by atoms with E-state index in [2.05, 4.69) is 15.6 Å². The summed E-state index contributed by atoms with van der Waals surface area (Å²) in [6, 6.07) is 17.1. The standard InChI is InChI=1S/C19H18N4O2/c1-23-16-9-5-3-7-13(16)11-20-17(19(23)25)22-18(24)15-10-12-6-2-4-8-14(12)21-15/h2-10,17,20-21H,11H2,1H3,(H,22,24). The topological polar surface area (TPSA) is 77.2 Å². The summed E-state index contributed by atoms with van der Waals surface area (Å²) in [4.78, 5) is 29.9. The maximum absolute atomic E-state index is 12.7. The maximum atomic E-state index is 12.7. The highest BCUT2D eigenvalue weighted by atomic mass is 16.2. The Bertz CT molecular complexity index is 930. The van der Waals surface area contributed by atoms with Crippen molar-refractivity contribution in [3.8, 4) is 0 Å². The van der Waals surface area contributed by atoms with E-state index in [0.717, 1.165) is 22.2 Å². The predicted molar refractivity (Wildman–Crippen MR) is 96.2 cm³/mol. The number of amides is 2. The van der Waals surface area contributed by atoms with Gasteiger partial charge in [-0.25, -0.2) is 0 Å². The maximum Gasteiger partial charge on any atom is 0.269 e. The number of H-pyrrole nitrogens is 1. The molecule has 3 N–H and O–H groups in total. The first-order chi connectivity index (χ1) is 12.1. The second kappa shape index (κ2) is 6.07. The first kappa shape index (κ1) is 15.4. The van der Waals surface area contributed by atoms with Gasteiger partial charge in [0.15, 0.2) is 6.17 Å². The number of fused-ring (bicyclic) bond motifs is 2. The van der Waals surface area contributed by atoms with Gasteiger partial charge < -0.3 is 15.2 Å². The van der Waals surface area contributed by atoms with Gasteiger partial charge in [-0.2, -0.15) is 0 Å². The molecule has 2 aromatic carbocycles. The summed E-state index contributed by atoms with van der Waals surface area (Å²) >= 11 is 0. The van der Waals surface area contributed by atoms with Crippen molar-refractivity contribution in [2.24, 2.45) is 0 Å². The van der Waals surface area contributed by atoms with Gasteiger partial charge in [0, 0.05) is 30.2 Å². The number of aromatic amines is 1. The molecule has 0 aliphatic carbocycles. The Kier molecular flexibility index (Phi) is 3.74. The molecule has 3 aromatic rings.